The molecule has 2 fully saturated rings. The van der Waals surface area contributed by atoms with Gasteiger partial charge in [0.05, 0.1) is 6.10 Å². The second kappa shape index (κ2) is 4.65. The highest BCUT2D eigenvalue weighted by atomic mass is 16.3. The van der Waals surface area contributed by atoms with Gasteiger partial charge < -0.3 is 5.11 Å². The summed E-state index contributed by atoms with van der Waals surface area (Å²) < 4.78 is 1.93. The van der Waals surface area contributed by atoms with Gasteiger partial charge in [-0.3, -0.25) is 0 Å². The Labute approximate surface area is 108 Å². The number of aliphatic hydroxyl groups is 1. The molecule has 0 spiro atoms. The maximum absolute atomic E-state index is 10.4. The van der Waals surface area contributed by atoms with E-state index in [0.717, 1.165) is 17.7 Å². The first kappa shape index (κ1) is 12.2. The van der Waals surface area contributed by atoms with Crippen LogP contribution >= 0.6 is 0 Å². The summed E-state index contributed by atoms with van der Waals surface area (Å²) in [5.74, 6) is 3.05. The minimum Gasteiger partial charge on any atom is -0.392 e. The minimum absolute atomic E-state index is 0.222. The topological polar surface area (TPSA) is 50.9 Å². The summed E-state index contributed by atoms with van der Waals surface area (Å²) in [4.78, 5) is 4.30. The Bertz CT molecular complexity index is 403. The molecule has 2 aliphatic rings. The number of nitrogens with zero attached hydrogens (tertiary/aromatic N) is 3. The van der Waals surface area contributed by atoms with Gasteiger partial charge in [0, 0.05) is 12.5 Å². The number of fused-ring (bicyclic) bond motifs is 1. The molecule has 0 bridgehead atoms. The molecule has 1 N–H and O–H groups in total. The van der Waals surface area contributed by atoms with E-state index in [0.29, 0.717) is 18.4 Å². The van der Waals surface area contributed by atoms with E-state index in [2.05, 4.69) is 23.9 Å². The molecule has 2 aliphatic carbocycles. The van der Waals surface area contributed by atoms with Gasteiger partial charge in [-0.2, -0.15) is 5.10 Å². The Hall–Kier alpha value is -0.900. The molecule has 0 amide bonds. The lowest BCUT2D eigenvalue weighted by Gasteiger charge is -2.13. The van der Waals surface area contributed by atoms with Crippen LogP contribution in [0.3, 0.4) is 0 Å². The highest BCUT2D eigenvalue weighted by Gasteiger charge is 2.53. The maximum atomic E-state index is 10.4. The van der Waals surface area contributed by atoms with E-state index in [-0.39, 0.29) is 6.10 Å². The van der Waals surface area contributed by atoms with Crippen LogP contribution in [0.4, 0.5) is 0 Å². The molecule has 0 aliphatic heterocycles. The standard InChI is InChI=1S/C14H23N3O/c1-9(2)17-13(15-8-16-17)7-12(18)14-10-5-3-4-6-11(10)14/h8-12,14,18H,3-7H2,1-2H3. The smallest absolute Gasteiger partial charge is 0.138 e. The number of aliphatic hydroxyl groups excluding tert-OH is 1. The Kier molecular flexibility index (Phi) is 3.14. The molecule has 0 aromatic carbocycles. The molecule has 2 saturated carbocycles. The fourth-order valence-electron chi connectivity index (χ4n) is 3.79. The van der Waals surface area contributed by atoms with Gasteiger partial charge >= 0.3 is 0 Å². The van der Waals surface area contributed by atoms with Crippen molar-refractivity contribution in [3.63, 3.8) is 0 Å². The fraction of sp³-hybridized carbons (Fsp3) is 0.857. The van der Waals surface area contributed by atoms with Crippen LogP contribution in [-0.4, -0.2) is 26.0 Å². The predicted molar refractivity (Wildman–Crippen MR) is 69.1 cm³/mol. The zero-order valence-corrected chi connectivity index (χ0v) is 11.3. The Balaban J connectivity index is 1.64. The van der Waals surface area contributed by atoms with Crippen molar-refractivity contribution in [2.24, 2.45) is 17.8 Å². The lowest BCUT2D eigenvalue weighted by molar-refractivity contribution is 0.136. The second-order valence-corrected chi connectivity index (χ2v) is 6.18. The van der Waals surface area contributed by atoms with E-state index >= 15 is 0 Å². The Morgan fingerprint density at radius 2 is 2.00 bits per heavy atom. The minimum atomic E-state index is -0.222. The van der Waals surface area contributed by atoms with Gasteiger partial charge in [0.1, 0.15) is 12.2 Å². The number of aromatic nitrogens is 3. The predicted octanol–water partition coefficient (Wildman–Crippen LogP) is 2.20. The maximum Gasteiger partial charge on any atom is 0.138 e. The van der Waals surface area contributed by atoms with E-state index in [1.54, 1.807) is 6.33 Å². The molecule has 1 aromatic heterocycles. The van der Waals surface area contributed by atoms with Crippen LogP contribution in [-0.2, 0) is 6.42 Å². The summed E-state index contributed by atoms with van der Waals surface area (Å²) in [6.07, 6.45) is 7.39. The van der Waals surface area contributed by atoms with Crippen molar-refractivity contribution in [2.45, 2.75) is 58.1 Å². The van der Waals surface area contributed by atoms with Crippen molar-refractivity contribution in [1.82, 2.24) is 14.8 Å². The average molecular weight is 249 g/mol. The van der Waals surface area contributed by atoms with Gasteiger partial charge in [0.2, 0.25) is 0 Å². The third-order valence-corrected chi connectivity index (χ3v) is 4.70. The fourth-order valence-corrected chi connectivity index (χ4v) is 3.79. The highest BCUT2D eigenvalue weighted by molar-refractivity contribution is 5.05. The van der Waals surface area contributed by atoms with Gasteiger partial charge in [-0.25, -0.2) is 9.67 Å². The molecule has 18 heavy (non-hydrogen) atoms. The van der Waals surface area contributed by atoms with Crippen LogP contribution in [0.2, 0.25) is 0 Å². The van der Waals surface area contributed by atoms with Crippen molar-refractivity contribution < 1.29 is 5.11 Å². The van der Waals surface area contributed by atoms with Gasteiger partial charge in [0.25, 0.3) is 0 Å². The van der Waals surface area contributed by atoms with Gasteiger partial charge in [-0.05, 0) is 44.4 Å². The largest absolute Gasteiger partial charge is 0.392 e. The van der Waals surface area contributed by atoms with Crippen molar-refractivity contribution in [1.29, 1.82) is 0 Å². The lowest BCUT2D eigenvalue weighted by Crippen LogP contribution is -2.19. The van der Waals surface area contributed by atoms with Crippen molar-refractivity contribution in [3.05, 3.63) is 12.2 Å². The molecule has 0 radical (unpaired) electrons. The summed E-state index contributed by atoms with van der Waals surface area (Å²) in [5, 5.41) is 14.7. The summed E-state index contributed by atoms with van der Waals surface area (Å²) in [6.45, 7) is 4.20. The van der Waals surface area contributed by atoms with Gasteiger partial charge in [-0.1, -0.05) is 12.8 Å². The zero-order valence-electron chi connectivity index (χ0n) is 11.3. The summed E-state index contributed by atoms with van der Waals surface area (Å²) in [5.41, 5.74) is 0. The van der Waals surface area contributed by atoms with Crippen molar-refractivity contribution in [2.75, 3.05) is 0 Å². The summed E-state index contributed by atoms with van der Waals surface area (Å²) >= 11 is 0. The van der Waals surface area contributed by atoms with Crippen LogP contribution < -0.4 is 0 Å². The van der Waals surface area contributed by atoms with E-state index in [9.17, 15) is 5.11 Å². The lowest BCUT2D eigenvalue weighted by atomic mass is 10.0. The average Bonchev–Trinajstić information content (AvgIpc) is 2.90. The SMILES string of the molecule is CC(C)n1ncnc1CC(O)C1C2CCCCC21. The van der Waals surface area contributed by atoms with E-state index < -0.39 is 0 Å². The van der Waals surface area contributed by atoms with Gasteiger partial charge in [0.15, 0.2) is 0 Å². The van der Waals surface area contributed by atoms with Crippen LogP contribution in [0.15, 0.2) is 6.33 Å². The van der Waals surface area contributed by atoms with Crippen LogP contribution in [0.5, 0.6) is 0 Å². The molecule has 4 nitrogen and oxygen atoms in total. The van der Waals surface area contributed by atoms with E-state index in [4.69, 9.17) is 0 Å². The van der Waals surface area contributed by atoms with Crippen molar-refractivity contribution in [3.8, 4) is 0 Å². The normalized spacial score (nSPS) is 32.3. The molecule has 0 saturated heterocycles. The first-order valence-electron chi connectivity index (χ1n) is 7.25. The summed E-state index contributed by atoms with van der Waals surface area (Å²) in [7, 11) is 0. The first-order chi connectivity index (χ1) is 8.68. The molecule has 1 heterocycles. The molecule has 3 atom stereocenters. The molecular weight excluding hydrogens is 226 g/mol. The molecule has 3 unspecified atom stereocenters. The molecular formula is C14H23N3O. The number of rotatable bonds is 4. The van der Waals surface area contributed by atoms with E-state index in [1.807, 2.05) is 4.68 Å². The molecule has 3 rings (SSSR count). The first-order valence-corrected chi connectivity index (χ1v) is 7.25. The third kappa shape index (κ3) is 2.07. The monoisotopic (exact) mass is 249 g/mol. The van der Waals surface area contributed by atoms with E-state index in [1.165, 1.54) is 25.7 Å². The van der Waals surface area contributed by atoms with Crippen LogP contribution in [0.1, 0.15) is 51.4 Å². The number of hydrogen-bond donors (Lipinski definition) is 1. The molecule has 100 valence electrons. The van der Waals surface area contributed by atoms with Gasteiger partial charge in [-0.15, -0.1) is 0 Å². The second-order valence-electron chi connectivity index (χ2n) is 6.18. The van der Waals surface area contributed by atoms with Crippen LogP contribution in [0.25, 0.3) is 0 Å². The highest BCUT2D eigenvalue weighted by Crippen LogP contribution is 2.57. The van der Waals surface area contributed by atoms with Crippen molar-refractivity contribution >= 4 is 0 Å². The van der Waals surface area contributed by atoms with Crippen LogP contribution in [0, 0.1) is 17.8 Å². The quantitative estimate of drug-likeness (QED) is 0.890. The third-order valence-electron chi connectivity index (χ3n) is 4.70. The number of hydrogen-bond acceptors (Lipinski definition) is 3. The zero-order chi connectivity index (χ0) is 12.7. The molecule has 4 heteroatoms. The molecule has 1 aromatic rings. The Morgan fingerprint density at radius 3 is 2.61 bits per heavy atom. The Morgan fingerprint density at radius 1 is 1.33 bits per heavy atom. The summed E-state index contributed by atoms with van der Waals surface area (Å²) in [6, 6.07) is 0.316.